The molecule has 0 spiro atoms. The van der Waals surface area contributed by atoms with Gasteiger partial charge in [0.2, 0.25) is 0 Å². The minimum absolute atomic E-state index is 0.593. The number of pyridine rings is 1. The number of hydrogen-bond donors (Lipinski definition) is 0. The Hall–Kier alpha value is -1.56. The number of piperidine rings is 1. The van der Waals surface area contributed by atoms with Crippen LogP contribution in [-0.2, 0) is 0 Å². The van der Waals surface area contributed by atoms with Gasteiger partial charge in [0.15, 0.2) is 0 Å². The SMILES string of the molecule is CCC1CCCCN1c1cc(C#N)ccn1. The van der Waals surface area contributed by atoms with E-state index in [0.717, 1.165) is 18.8 Å². The van der Waals surface area contributed by atoms with Crippen LogP contribution in [0.1, 0.15) is 38.2 Å². The molecule has 3 nitrogen and oxygen atoms in total. The Morgan fingerprint density at radius 1 is 1.56 bits per heavy atom. The van der Waals surface area contributed by atoms with Gasteiger partial charge in [-0.25, -0.2) is 4.98 Å². The molecule has 0 N–H and O–H groups in total. The Bertz CT molecular complexity index is 394. The van der Waals surface area contributed by atoms with Crippen LogP contribution in [-0.4, -0.2) is 17.6 Å². The number of nitriles is 1. The quantitative estimate of drug-likeness (QED) is 0.761. The summed E-state index contributed by atoms with van der Waals surface area (Å²) in [5, 5.41) is 8.89. The second-order valence-electron chi connectivity index (χ2n) is 4.27. The van der Waals surface area contributed by atoms with Gasteiger partial charge in [-0.1, -0.05) is 6.92 Å². The minimum atomic E-state index is 0.593. The third kappa shape index (κ3) is 2.16. The summed E-state index contributed by atoms with van der Waals surface area (Å²) in [5.41, 5.74) is 0.699. The zero-order valence-corrected chi connectivity index (χ0v) is 9.69. The van der Waals surface area contributed by atoms with Crippen molar-refractivity contribution in [1.29, 1.82) is 5.26 Å². The van der Waals surface area contributed by atoms with Crippen molar-refractivity contribution in [3.05, 3.63) is 23.9 Å². The lowest BCUT2D eigenvalue weighted by Crippen LogP contribution is -2.39. The van der Waals surface area contributed by atoms with Crippen LogP contribution in [0, 0.1) is 11.3 Å². The molecule has 0 aliphatic carbocycles. The normalized spacial score (nSPS) is 20.5. The molecule has 0 amide bonds. The third-order valence-corrected chi connectivity index (χ3v) is 3.27. The summed E-state index contributed by atoms with van der Waals surface area (Å²) in [4.78, 5) is 6.74. The highest BCUT2D eigenvalue weighted by atomic mass is 15.2. The lowest BCUT2D eigenvalue weighted by atomic mass is 10.00. The summed E-state index contributed by atoms with van der Waals surface area (Å²) in [6.07, 6.45) is 6.67. The summed E-state index contributed by atoms with van der Waals surface area (Å²) in [7, 11) is 0. The van der Waals surface area contributed by atoms with Gasteiger partial charge in [-0.05, 0) is 37.8 Å². The molecular formula is C13H17N3. The number of anilines is 1. The molecule has 0 aromatic carbocycles. The average Bonchev–Trinajstić information content (AvgIpc) is 2.38. The number of aromatic nitrogens is 1. The van der Waals surface area contributed by atoms with Crippen LogP contribution >= 0.6 is 0 Å². The molecule has 1 unspecified atom stereocenters. The van der Waals surface area contributed by atoms with Crippen molar-refractivity contribution in [3.63, 3.8) is 0 Å². The van der Waals surface area contributed by atoms with Crippen LogP contribution in [0.5, 0.6) is 0 Å². The highest BCUT2D eigenvalue weighted by molar-refractivity contribution is 5.46. The minimum Gasteiger partial charge on any atom is -0.354 e. The van der Waals surface area contributed by atoms with Gasteiger partial charge < -0.3 is 4.90 Å². The van der Waals surface area contributed by atoms with Crippen LogP contribution < -0.4 is 4.90 Å². The van der Waals surface area contributed by atoms with Crippen molar-refractivity contribution >= 4 is 5.82 Å². The lowest BCUT2D eigenvalue weighted by Gasteiger charge is -2.36. The van der Waals surface area contributed by atoms with Gasteiger partial charge in [0.25, 0.3) is 0 Å². The molecule has 3 heteroatoms. The largest absolute Gasteiger partial charge is 0.354 e. The second kappa shape index (κ2) is 4.98. The van der Waals surface area contributed by atoms with Gasteiger partial charge in [-0.15, -0.1) is 0 Å². The molecule has 84 valence electrons. The van der Waals surface area contributed by atoms with Gasteiger partial charge in [0.1, 0.15) is 5.82 Å². The van der Waals surface area contributed by atoms with E-state index in [2.05, 4.69) is 22.9 Å². The average molecular weight is 215 g/mol. The van der Waals surface area contributed by atoms with Crippen molar-refractivity contribution in [1.82, 2.24) is 4.98 Å². The Morgan fingerprint density at radius 3 is 3.19 bits per heavy atom. The number of rotatable bonds is 2. The molecule has 1 aromatic rings. The first-order chi connectivity index (χ1) is 7.85. The van der Waals surface area contributed by atoms with E-state index in [1.165, 1.54) is 19.3 Å². The molecule has 1 aliphatic rings. The molecular weight excluding hydrogens is 198 g/mol. The summed E-state index contributed by atoms with van der Waals surface area (Å²) in [6.45, 7) is 3.29. The monoisotopic (exact) mass is 215 g/mol. The third-order valence-electron chi connectivity index (χ3n) is 3.27. The molecule has 0 radical (unpaired) electrons. The zero-order chi connectivity index (χ0) is 11.4. The van der Waals surface area contributed by atoms with Gasteiger partial charge in [0, 0.05) is 18.8 Å². The first-order valence-corrected chi connectivity index (χ1v) is 5.98. The van der Waals surface area contributed by atoms with Crippen LogP contribution in [0.15, 0.2) is 18.3 Å². The van der Waals surface area contributed by atoms with Crippen molar-refractivity contribution in [2.24, 2.45) is 0 Å². The highest BCUT2D eigenvalue weighted by Gasteiger charge is 2.21. The molecule has 2 rings (SSSR count). The number of hydrogen-bond acceptors (Lipinski definition) is 3. The molecule has 1 aliphatic heterocycles. The van der Waals surface area contributed by atoms with Crippen molar-refractivity contribution in [2.45, 2.75) is 38.6 Å². The summed E-state index contributed by atoms with van der Waals surface area (Å²) < 4.78 is 0. The molecule has 1 saturated heterocycles. The molecule has 1 atom stereocenters. The maximum atomic E-state index is 8.89. The Balaban J connectivity index is 2.24. The fourth-order valence-corrected chi connectivity index (χ4v) is 2.37. The lowest BCUT2D eigenvalue weighted by molar-refractivity contribution is 0.447. The van der Waals surface area contributed by atoms with Crippen molar-refractivity contribution in [3.8, 4) is 6.07 Å². The maximum Gasteiger partial charge on any atom is 0.130 e. The fraction of sp³-hybridized carbons (Fsp3) is 0.538. The summed E-state index contributed by atoms with van der Waals surface area (Å²) >= 11 is 0. The van der Waals surface area contributed by atoms with E-state index in [4.69, 9.17) is 5.26 Å². The molecule has 16 heavy (non-hydrogen) atoms. The van der Waals surface area contributed by atoms with Crippen LogP contribution in [0.4, 0.5) is 5.82 Å². The standard InChI is InChI=1S/C13H17N3/c1-2-12-5-3-4-8-16(12)13-9-11(10-14)6-7-15-13/h6-7,9,12H,2-5,8H2,1H3. The summed E-state index contributed by atoms with van der Waals surface area (Å²) in [6, 6.07) is 6.42. The van der Waals surface area contributed by atoms with Crippen molar-refractivity contribution in [2.75, 3.05) is 11.4 Å². The number of nitrogens with zero attached hydrogens (tertiary/aromatic N) is 3. The van der Waals surface area contributed by atoms with E-state index in [1.807, 2.05) is 6.07 Å². The first kappa shape index (κ1) is 10.9. The Morgan fingerprint density at radius 2 is 2.44 bits per heavy atom. The fourth-order valence-electron chi connectivity index (χ4n) is 2.37. The van der Waals surface area contributed by atoms with Crippen LogP contribution in [0.2, 0.25) is 0 Å². The van der Waals surface area contributed by atoms with E-state index in [9.17, 15) is 0 Å². The van der Waals surface area contributed by atoms with E-state index < -0.39 is 0 Å². The summed E-state index contributed by atoms with van der Waals surface area (Å²) in [5.74, 6) is 0.964. The van der Waals surface area contributed by atoms with Gasteiger partial charge >= 0.3 is 0 Å². The maximum absolute atomic E-state index is 8.89. The Kier molecular flexibility index (Phi) is 3.40. The van der Waals surface area contributed by atoms with Crippen LogP contribution in [0.25, 0.3) is 0 Å². The predicted molar refractivity (Wildman–Crippen MR) is 64.2 cm³/mol. The first-order valence-electron chi connectivity index (χ1n) is 5.98. The molecule has 1 fully saturated rings. The van der Waals surface area contributed by atoms with Crippen LogP contribution in [0.3, 0.4) is 0 Å². The van der Waals surface area contributed by atoms with E-state index in [0.29, 0.717) is 11.6 Å². The second-order valence-corrected chi connectivity index (χ2v) is 4.27. The smallest absolute Gasteiger partial charge is 0.130 e. The van der Waals surface area contributed by atoms with E-state index in [-0.39, 0.29) is 0 Å². The van der Waals surface area contributed by atoms with Gasteiger partial charge in [-0.3, -0.25) is 0 Å². The molecule has 0 saturated carbocycles. The topological polar surface area (TPSA) is 39.9 Å². The molecule has 0 bridgehead atoms. The zero-order valence-electron chi connectivity index (χ0n) is 9.69. The van der Waals surface area contributed by atoms with Crippen molar-refractivity contribution < 1.29 is 0 Å². The molecule has 2 heterocycles. The predicted octanol–water partition coefficient (Wildman–Crippen LogP) is 2.72. The molecule has 1 aromatic heterocycles. The Labute approximate surface area is 96.7 Å². The van der Waals surface area contributed by atoms with E-state index in [1.54, 1.807) is 12.3 Å². The van der Waals surface area contributed by atoms with E-state index >= 15 is 0 Å². The van der Waals surface area contributed by atoms with Gasteiger partial charge in [0.05, 0.1) is 11.6 Å². The highest BCUT2D eigenvalue weighted by Crippen LogP contribution is 2.25. The van der Waals surface area contributed by atoms with Gasteiger partial charge in [-0.2, -0.15) is 5.26 Å².